The van der Waals surface area contributed by atoms with Crippen molar-refractivity contribution in [2.45, 2.75) is 52.4 Å². The molecule has 0 spiro atoms. The van der Waals surface area contributed by atoms with Gasteiger partial charge in [0.05, 0.1) is 11.4 Å². The Kier molecular flexibility index (Phi) is 6.57. The average Bonchev–Trinajstić information content (AvgIpc) is 2.71. The van der Waals surface area contributed by atoms with Crippen LogP contribution in [0.2, 0.25) is 0 Å². The van der Waals surface area contributed by atoms with Crippen molar-refractivity contribution in [3.8, 4) is 5.75 Å². The lowest BCUT2D eigenvalue weighted by molar-refractivity contribution is 0.444. The second-order valence-corrected chi connectivity index (χ2v) is 10.4. The number of hydrogen-bond acceptors (Lipinski definition) is 3. The van der Waals surface area contributed by atoms with Gasteiger partial charge in [-0.2, -0.15) is 0 Å². The summed E-state index contributed by atoms with van der Waals surface area (Å²) in [6.07, 6.45) is 1.78. The van der Waals surface area contributed by atoms with Crippen molar-refractivity contribution in [2.75, 3.05) is 4.67 Å². The number of para-hydroxylation sites is 3. The van der Waals surface area contributed by atoms with Crippen molar-refractivity contribution < 1.29 is 5.11 Å². The molecule has 1 atom stereocenters. The highest BCUT2D eigenvalue weighted by Gasteiger charge is 2.24. The Labute approximate surface area is 189 Å². The Morgan fingerprint density at radius 2 is 1.45 bits per heavy atom. The van der Waals surface area contributed by atoms with Gasteiger partial charge in [-0.15, -0.1) is 0 Å². The SMILES string of the molecule is CC(C)(C)c1cc(C=Nc2ccccc2N(P)c2ccccc2)c(O)c(C(C)(C)C)c1. The van der Waals surface area contributed by atoms with Crippen molar-refractivity contribution in [2.24, 2.45) is 4.99 Å². The Hall–Kier alpha value is -2.64. The predicted octanol–water partition coefficient (Wildman–Crippen LogP) is 7.67. The standard InChI is InChI=1S/C27H33N2OP/c1-26(2,3)20-16-19(25(30)22(17-20)27(4,5)6)18-28-23-14-10-11-15-24(23)29(31)21-12-8-7-9-13-21/h7-18,30H,31H2,1-6H3. The highest BCUT2D eigenvalue weighted by molar-refractivity contribution is 7.20. The van der Waals surface area contributed by atoms with Crippen molar-refractivity contribution in [3.63, 3.8) is 0 Å². The molecule has 0 aromatic heterocycles. The van der Waals surface area contributed by atoms with Crippen LogP contribution < -0.4 is 4.67 Å². The lowest BCUT2D eigenvalue weighted by atomic mass is 9.79. The number of aliphatic imine (C=N–C) groups is 1. The molecular formula is C27H33N2OP. The zero-order valence-corrected chi connectivity index (χ0v) is 20.5. The topological polar surface area (TPSA) is 35.8 Å². The van der Waals surface area contributed by atoms with Gasteiger partial charge in [-0.25, -0.2) is 0 Å². The predicted molar refractivity (Wildman–Crippen MR) is 137 cm³/mol. The average molecular weight is 433 g/mol. The third-order valence-electron chi connectivity index (χ3n) is 5.33. The molecule has 1 unspecified atom stereocenters. The van der Waals surface area contributed by atoms with Gasteiger partial charge >= 0.3 is 0 Å². The number of phenols is 1. The van der Waals surface area contributed by atoms with Crippen LogP contribution in [0.4, 0.5) is 17.1 Å². The molecule has 0 radical (unpaired) electrons. The van der Waals surface area contributed by atoms with Gasteiger partial charge in [-0.05, 0) is 56.1 Å². The van der Waals surface area contributed by atoms with Gasteiger partial charge in [0.25, 0.3) is 0 Å². The molecule has 0 saturated heterocycles. The van der Waals surface area contributed by atoms with E-state index in [0.717, 1.165) is 28.2 Å². The highest BCUT2D eigenvalue weighted by atomic mass is 31.0. The smallest absolute Gasteiger partial charge is 0.128 e. The number of benzene rings is 3. The molecule has 0 aliphatic carbocycles. The molecule has 0 aliphatic rings. The minimum atomic E-state index is -0.171. The fourth-order valence-electron chi connectivity index (χ4n) is 3.40. The van der Waals surface area contributed by atoms with Crippen molar-refractivity contribution in [1.29, 1.82) is 0 Å². The third kappa shape index (κ3) is 5.35. The van der Waals surface area contributed by atoms with E-state index in [9.17, 15) is 5.11 Å². The van der Waals surface area contributed by atoms with E-state index in [-0.39, 0.29) is 10.8 Å². The van der Waals surface area contributed by atoms with Crippen LogP contribution in [0.5, 0.6) is 5.75 Å². The zero-order chi connectivity index (χ0) is 22.8. The summed E-state index contributed by atoms with van der Waals surface area (Å²) in [4.78, 5) is 4.79. The Bertz CT molecular complexity index is 1080. The van der Waals surface area contributed by atoms with E-state index in [1.165, 1.54) is 5.56 Å². The number of hydrogen-bond donors (Lipinski definition) is 1. The molecule has 0 fully saturated rings. The molecule has 3 aromatic rings. The second-order valence-electron chi connectivity index (χ2n) is 9.91. The van der Waals surface area contributed by atoms with Crippen molar-refractivity contribution in [3.05, 3.63) is 83.4 Å². The van der Waals surface area contributed by atoms with E-state index < -0.39 is 0 Å². The summed E-state index contributed by atoms with van der Waals surface area (Å²) < 4.78 is 2.04. The van der Waals surface area contributed by atoms with E-state index in [1.807, 2.05) is 53.2 Å². The van der Waals surface area contributed by atoms with Crippen LogP contribution in [-0.2, 0) is 10.8 Å². The van der Waals surface area contributed by atoms with E-state index >= 15 is 0 Å². The van der Waals surface area contributed by atoms with Gasteiger partial charge in [0, 0.05) is 23.0 Å². The summed E-state index contributed by atoms with van der Waals surface area (Å²) in [7, 11) is 2.77. The Balaban J connectivity index is 2.07. The monoisotopic (exact) mass is 432 g/mol. The maximum atomic E-state index is 11.0. The number of nitrogens with zero attached hydrogens (tertiary/aromatic N) is 2. The summed E-state index contributed by atoms with van der Waals surface area (Å²) >= 11 is 0. The summed E-state index contributed by atoms with van der Waals surface area (Å²) in [5.41, 5.74) is 5.52. The first-order valence-corrected chi connectivity index (χ1v) is 11.1. The molecule has 0 heterocycles. The van der Waals surface area contributed by atoms with Crippen LogP contribution in [-0.4, -0.2) is 11.3 Å². The van der Waals surface area contributed by atoms with Gasteiger partial charge in [0.15, 0.2) is 0 Å². The Morgan fingerprint density at radius 3 is 2.06 bits per heavy atom. The molecule has 3 aromatic carbocycles. The van der Waals surface area contributed by atoms with Crippen molar-refractivity contribution in [1.82, 2.24) is 0 Å². The minimum absolute atomic E-state index is 0.0294. The van der Waals surface area contributed by atoms with Crippen LogP contribution in [0, 0.1) is 0 Å². The number of rotatable bonds is 4. The van der Waals surface area contributed by atoms with Crippen LogP contribution in [0.25, 0.3) is 0 Å². The molecule has 0 amide bonds. The van der Waals surface area contributed by atoms with Crippen LogP contribution >= 0.6 is 9.39 Å². The number of anilines is 2. The minimum Gasteiger partial charge on any atom is -0.507 e. The molecule has 3 nitrogen and oxygen atoms in total. The maximum Gasteiger partial charge on any atom is 0.128 e. The largest absolute Gasteiger partial charge is 0.507 e. The lowest BCUT2D eigenvalue weighted by Crippen LogP contribution is -2.17. The molecule has 0 saturated carbocycles. The third-order valence-corrected chi connectivity index (χ3v) is 5.91. The first-order valence-electron chi connectivity index (χ1n) is 10.6. The molecule has 3 rings (SSSR count). The van der Waals surface area contributed by atoms with Gasteiger partial charge in [0.2, 0.25) is 0 Å². The van der Waals surface area contributed by atoms with Gasteiger partial charge in [-0.3, -0.25) is 4.99 Å². The normalized spacial score (nSPS) is 12.4. The quantitative estimate of drug-likeness (QED) is 0.339. The Morgan fingerprint density at radius 1 is 0.839 bits per heavy atom. The summed E-state index contributed by atoms with van der Waals surface area (Å²) in [6.45, 7) is 12.9. The first-order chi connectivity index (χ1) is 14.5. The fourth-order valence-corrected chi connectivity index (χ4v) is 3.79. The molecule has 162 valence electrons. The van der Waals surface area contributed by atoms with Crippen LogP contribution in [0.3, 0.4) is 0 Å². The van der Waals surface area contributed by atoms with Gasteiger partial charge in [0.1, 0.15) is 5.75 Å². The molecule has 4 heteroatoms. The van der Waals surface area contributed by atoms with Gasteiger partial charge in [-0.1, -0.05) is 77.9 Å². The van der Waals surface area contributed by atoms with E-state index in [2.05, 4.69) is 69.1 Å². The lowest BCUT2D eigenvalue weighted by Gasteiger charge is -2.27. The highest BCUT2D eigenvalue weighted by Crippen LogP contribution is 2.39. The maximum absolute atomic E-state index is 11.0. The van der Waals surface area contributed by atoms with E-state index in [4.69, 9.17) is 4.99 Å². The summed E-state index contributed by atoms with van der Waals surface area (Å²) in [5, 5.41) is 11.0. The number of phenolic OH excluding ortho intramolecular Hbond substituents is 1. The first kappa shape index (κ1) is 23.0. The van der Waals surface area contributed by atoms with Crippen molar-refractivity contribution >= 4 is 32.7 Å². The molecular weight excluding hydrogens is 399 g/mol. The molecule has 0 bridgehead atoms. The van der Waals surface area contributed by atoms with Gasteiger partial charge < -0.3 is 9.78 Å². The summed E-state index contributed by atoms with van der Waals surface area (Å²) in [6, 6.07) is 22.3. The second kappa shape index (κ2) is 8.85. The van der Waals surface area contributed by atoms with Crippen LogP contribution in [0.15, 0.2) is 71.7 Å². The molecule has 1 N–H and O–H groups in total. The zero-order valence-electron chi connectivity index (χ0n) is 19.3. The van der Waals surface area contributed by atoms with E-state index in [0.29, 0.717) is 5.75 Å². The summed E-state index contributed by atoms with van der Waals surface area (Å²) in [5.74, 6) is 0.299. The van der Waals surface area contributed by atoms with Crippen LogP contribution in [0.1, 0.15) is 58.2 Å². The van der Waals surface area contributed by atoms with E-state index in [1.54, 1.807) is 6.21 Å². The molecule has 31 heavy (non-hydrogen) atoms. The number of aromatic hydroxyl groups is 1. The molecule has 0 aliphatic heterocycles. The fraction of sp³-hybridized carbons (Fsp3) is 0.296.